The first-order chi connectivity index (χ1) is 11.5. The largest absolute Gasteiger partial charge is 0.481 e. The van der Waals surface area contributed by atoms with Crippen molar-refractivity contribution in [3.8, 4) is 0 Å². The maximum atomic E-state index is 10.9. The quantitative estimate of drug-likeness (QED) is 0.323. The molecule has 24 heavy (non-hydrogen) atoms. The monoisotopic (exact) mass is 342 g/mol. The topological polar surface area (TPSA) is 74.6 Å². The second-order valence-electron chi connectivity index (χ2n) is 7.29. The zero-order chi connectivity index (χ0) is 18.2. The molecule has 0 aromatic carbocycles. The predicted octanol–water partition coefficient (Wildman–Crippen LogP) is 5.89. The molecule has 4 nitrogen and oxygen atoms in total. The van der Waals surface area contributed by atoms with Gasteiger partial charge in [0.1, 0.15) is 0 Å². The Hall–Kier alpha value is -1.06. The molecule has 0 aliphatic rings. The Bertz CT molecular complexity index is 328. The third-order valence-electron chi connectivity index (χ3n) is 4.82. The van der Waals surface area contributed by atoms with Gasteiger partial charge in [0, 0.05) is 0 Å². The molecule has 0 radical (unpaired) electrons. The summed E-state index contributed by atoms with van der Waals surface area (Å²) in [6, 6.07) is 0. The third-order valence-corrected chi connectivity index (χ3v) is 4.82. The molecule has 0 saturated carbocycles. The Kier molecular flexibility index (Phi) is 14.8. The molecule has 0 bridgehead atoms. The van der Waals surface area contributed by atoms with Crippen molar-refractivity contribution in [2.75, 3.05) is 0 Å². The molecular formula is C20H38O4. The van der Waals surface area contributed by atoms with E-state index >= 15 is 0 Å². The van der Waals surface area contributed by atoms with Crippen LogP contribution in [0.25, 0.3) is 0 Å². The fraction of sp³-hybridized carbons (Fsp3) is 0.900. The molecule has 0 spiro atoms. The summed E-state index contributed by atoms with van der Waals surface area (Å²) in [5.41, 5.74) is 0. The lowest BCUT2D eigenvalue weighted by Gasteiger charge is -2.11. The van der Waals surface area contributed by atoms with Crippen molar-refractivity contribution >= 4 is 11.9 Å². The molecule has 0 amide bonds. The van der Waals surface area contributed by atoms with E-state index in [0.717, 1.165) is 25.2 Å². The number of carboxylic acids is 2. The molecule has 2 unspecified atom stereocenters. The van der Waals surface area contributed by atoms with Crippen LogP contribution in [0.15, 0.2) is 0 Å². The zero-order valence-corrected chi connectivity index (χ0v) is 15.8. The summed E-state index contributed by atoms with van der Waals surface area (Å²) >= 11 is 0. The van der Waals surface area contributed by atoms with Crippen LogP contribution in [0.2, 0.25) is 0 Å². The average molecular weight is 343 g/mol. The fourth-order valence-corrected chi connectivity index (χ4v) is 3.18. The number of carboxylic acid groups (broad SMARTS) is 2. The first-order valence-electron chi connectivity index (χ1n) is 9.92. The highest BCUT2D eigenvalue weighted by molar-refractivity contribution is 5.77. The highest BCUT2D eigenvalue weighted by Gasteiger charge is 2.20. The van der Waals surface area contributed by atoms with Crippen LogP contribution in [0, 0.1) is 11.8 Å². The van der Waals surface area contributed by atoms with Gasteiger partial charge in [-0.3, -0.25) is 9.59 Å². The van der Waals surface area contributed by atoms with Crippen molar-refractivity contribution in [3.63, 3.8) is 0 Å². The predicted molar refractivity (Wildman–Crippen MR) is 98.2 cm³/mol. The summed E-state index contributed by atoms with van der Waals surface area (Å²) < 4.78 is 0. The van der Waals surface area contributed by atoms with Crippen molar-refractivity contribution in [3.05, 3.63) is 0 Å². The Morgan fingerprint density at radius 3 is 1.67 bits per heavy atom. The first kappa shape index (κ1) is 22.9. The molecule has 142 valence electrons. The van der Waals surface area contributed by atoms with Crippen LogP contribution in [-0.4, -0.2) is 22.2 Å². The van der Waals surface area contributed by atoms with Gasteiger partial charge in [0.15, 0.2) is 0 Å². The maximum Gasteiger partial charge on any atom is 0.307 e. The van der Waals surface area contributed by atoms with E-state index in [0.29, 0.717) is 6.42 Å². The highest BCUT2D eigenvalue weighted by atomic mass is 16.4. The minimum absolute atomic E-state index is 0.258. The standard InChI is InChI=1S/C20H38O4/c1-3-4-10-13-17(2)14-11-8-6-5-7-9-12-15-18(20(23)24)16-19(21)22/h17-18H,3-16H2,1-2H3,(H,21,22)(H,23,24). The van der Waals surface area contributed by atoms with Crippen LogP contribution in [0.4, 0.5) is 0 Å². The van der Waals surface area contributed by atoms with Gasteiger partial charge in [0.25, 0.3) is 0 Å². The number of hydrogen-bond acceptors (Lipinski definition) is 2. The molecule has 0 heterocycles. The van der Waals surface area contributed by atoms with Crippen molar-refractivity contribution < 1.29 is 19.8 Å². The van der Waals surface area contributed by atoms with Crippen LogP contribution >= 0.6 is 0 Å². The Morgan fingerprint density at radius 2 is 1.21 bits per heavy atom. The molecule has 0 aromatic rings. The third kappa shape index (κ3) is 14.5. The van der Waals surface area contributed by atoms with Crippen molar-refractivity contribution in [2.24, 2.45) is 11.8 Å². The van der Waals surface area contributed by atoms with Gasteiger partial charge in [-0.25, -0.2) is 0 Å². The Balaban J connectivity index is 3.44. The molecule has 0 fully saturated rings. The molecule has 0 aromatic heterocycles. The highest BCUT2D eigenvalue weighted by Crippen LogP contribution is 2.19. The van der Waals surface area contributed by atoms with E-state index in [2.05, 4.69) is 13.8 Å². The fourth-order valence-electron chi connectivity index (χ4n) is 3.18. The number of hydrogen-bond donors (Lipinski definition) is 2. The molecule has 0 aliphatic carbocycles. The van der Waals surface area contributed by atoms with Crippen LogP contribution in [0.5, 0.6) is 0 Å². The summed E-state index contributed by atoms with van der Waals surface area (Å²) in [7, 11) is 0. The van der Waals surface area contributed by atoms with E-state index in [1.807, 2.05) is 0 Å². The van der Waals surface area contributed by atoms with Gasteiger partial charge in [-0.2, -0.15) is 0 Å². The summed E-state index contributed by atoms with van der Waals surface area (Å²) in [5, 5.41) is 17.7. The molecule has 0 saturated heterocycles. The van der Waals surface area contributed by atoms with Crippen LogP contribution in [0.3, 0.4) is 0 Å². The van der Waals surface area contributed by atoms with E-state index in [4.69, 9.17) is 10.2 Å². The normalized spacial score (nSPS) is 13.6. The Labute approximate surface area is 148 Å². The van der Waals surface area contributed by atoms with Gasteiger partial charge < -0.3 is 10.2 Å². The van der Waals surface area contributed by atoms with E-state index < -0.39 is 17.9 Å². The van der Waals surface area contributed by atoms with Crippen molar-refractivity contribution in [2.45, 2.75) is 104 Å². The number of rotatable bonds is 17. The molecule has 0 aliphatic heterocycles. The van der Waals surface area contributed by atoms with E-state index in [9.17, 15) is 9.59 Å². The second kappa shape index (κ2) is 15.5. The minimum Gasteiger partial charge on any atom is -0.481 e. The Morgan fingerprint density at radius 1 is 0.750 bits per heavy atom. The lowest BCUT2D eigenvalue weighted by atomic mass is 9.95. The second-order valence-corrected chi connectivity index (χ2v) is 7.29. The van der Waals surface area contributed by atoms with Gasteiger partial charge in [0.2, 0.25) is 0 Å². The molecule has 2 atom stereocenters. The van der Waals surface area contributed by atoms with Crippen LogP contribution in [0.1, 0.15) is 104 Å². The number of unbranched alkanes of at least 4 members (excludes halogenated alkanes) is 8. The lowest BCUT2D eigenvalue weighted by Crippen LogP contribution is -2.17. The van der Waals surface area contributed by atoms with E-state index in [1.54, 1.807) is 0 Å². The SMILES string of the molecule is CCCCCC(C)CCCCCCCCCC(CC(=O)O)C(=O)O. The van der Waals surface area contributed by atoms with E-state index in [1.165, 1.54) is 57.8 Å². The summed E-state index contributed by atoms with van der Waals surface area (Å²) in [6.45, 7) is 4.62. The van der Waals surface area contributed by atoms with Gasteiger partial charge in [-0.1, -0.05) is 90.9 Å². The van der Waals surface area contributed by atoms with Gasteiger partial charge in [-0.15, -0.1) is 0 Å². The van der Waals surface area contributed by atoms with Crippen LogP contribution in [-0.2, 0) is 9.59 Å². The molecule has 2 N–H and O–H groups in total. The molecule has 4 heteroatoms. The maximum absolute atomic E-state index is 10.9. The van der Waals surface area contributed by atoms with Crippen molar-refractivity contribution in [1.29, 1.82) is 0 Å². The summed E-state index contributed by atoms with van der Waals surface area (Å²) in [4.78, 5) is 21.6. The van der Waals surface area contributed by atoms with Crippen molar-refractivity contribution in [1.82, 2.24) is 0 Å². The van der Waals surface area contributed by atoms with Gasteiger partial charge in [-0.05, 0) is 12.3 Å². The smallest absolute Gasteiger partial charge is 0.307 e. The minimum atomic E-state index is -1.02. The first-order valence-corrected chi connectivity index (χ1v) is 9.92. The van der Waals surface area contributed by atoms with E-state index in [-0.39, 0.29) is 6.42 Å². The molecular weight excluding hydrogens is 304 g/mol. The van der Waals surface area contributed by atoms with Crippen LogP contribution < -0.4 is 0 Å². The van der Waals surface area contributed by atoms with Gasteiger partial charge >= 0.3 is 11.9 Å². The summed E-state index contributed by atoms with van der Waals surface area (Å²) in [5.74, 6) is -1.87. The summed E-state index contributed by atoms with van der Waals surface area (Å²) in [6.07, 6.45) is 15.0. The lowest BCUT2D eigenvalue weighted by molar-refractivity contribution is -0.148. The molecule has 0 rings (SSSR count). The zero-order valence-electron chi connectivity index (χ0n) is 15.8. The number of aliphatic carboxylic acids is 2. The number of carbonyl (C=O) groups is 2. The average Bonchev–Trinajstić information content (AvgIpc) is 2.51. The van der Waals surface area contributed by atoms with Gasteiger partial charge in [0.05, 0.1) is 12.3 Å².